The van der Waals surface area contributed by atoms with Crippen LogP contribution >= 0.6 is 23.2 Å². The molecule has 2 aromatic carbocycles. The van der Waals surface area contributed by atoms with E-state index >= 15 is 0 Å². The number of rotatable bonds is 4. The van der Waals surface area contributed by atoms with Crippen LogP contribution in [0.3, 0.4) is 0 Å². The summed E-state index contributed by atoms with van der Waals surface area (Å²) in [5.74, 6) is 0.0723. The Hall–Kier alpha value is -1.55. The lowest BCUT2D eigenvalue weighted by atomic mass is 9.96. The number of hydrogen-bond donors (Lipinski definition) is 1. The van der Waals surface area contributed by atoms with Crippen molar-refractivity contribution in [1.29, 1.82) is 0 Å². The van der Waals surface area contributed by atoms with E-state index in [9.17, 15) is 4.79 Å². The average molecular weight is 363 g/mol. The number of nitrogens with one attached hydrogen (secondary N) is 1. The molecule has 2 aromatic rings. The first-order chi connectivity index (χ1) is 11.6. The molecule has 1 saturated heterocycles. The second-order valence-corrected chi connectivity index (χ2v) is 7.07. The molecule has 0 aromatic heterocycles. The number of hydrogen-bond acceptors (Lipinski definition) is 2. The van der Waals surface area contributed by atoms with E-state index in [4.69, 9.17) is 23.2 Å². The number of anilines is 1. The second kappa shape index (κ2) is 8.02. The molecule has 24 heavy (non-hydrogen) atoms. The monoisotopic (exact) mass is 362 g/mol. The highest BCUT2D eigenvalue weighted by Gasteiger charge is 2.25. The molecule has 126 valence electrons. The van der Waals surface area contributed by atoms with E-state index in [2.05, 4.69) is 10.2 Å². The van der Waals surface area contributed by atoms with E-state index in [1.54, 1.807) is 12.1 Å². The maximum atomic E-state index is 12.5. The Bertz CT molecular complexity index is 703. The Labute approximate surface area is 152 Å². The Morgan fingerprint density at radius 1 is 1.12 bits per heavy atom. The van der Waals surface area contributed by atoms with Gasteiger partial charge in [0.25, 0.3) is 0 Å². The predicted octanol–water partition coefficient (Wildman–Crippen LogP) is 4.84. The first kappa shape index (κ1) is 17.3. The van der Waals surface area contributed by atoms with Crippen LogP contribution in [0.25, 0.3) is 0 Å². The molecule has 1 heterocycles. The lowest BCUT2D eigenvalue weighted by Crippen LogP contribution is -2.40. The van der Waals surface area contributed by atoms with Gasteiger partial charge in [-0.25, -0.2) is 0 Å². The van der Waals surface area contributed by atoms with Crippen LogP contribution in [0.15, 0.2) is 48.5 Å². The first-order valence-electron chi connectivity index (χ1n) is 8.13. The summed E-state index contributed by atoms with van der Waals surface area (Å²) < 4.78 is 0. The van der Waals surface area contributed by atoms with E-state index in [0.717, 1.165) is 43.2 Å². The van der Waals surface area contributed by atoms with Crippen molar-refractivity contribution in [3.63, 3.8) is 0 Å². The molecule has 3 rings (SSSR count). The topological polar surface area (TPSA) is 32.3 Å². The van der Waals surface area contributed by atoms with Crippen LogP contribution in [-0.4, -0.2) is 23.9 Å². The minimum Gasteiger partial charge on any atom is -0.326 e. The fourth-order valence-electron chi connectivity index (χ4n) is 3.07. The van der Waals surface area contributed by atoms with E-state index in [1.807, 2.05) is 36.4 Å². The number of nitrogens with zero attached hydrogens (tertiary/aromatic N) is 1. The summed E-state index contributed by atoms with van der Waals surface area (Å²) in [6, 6.07) is 15.2. The third-order valence-corrected chi connectivity index (χ3v) is 4.77. The van der Waals surface area contributed by atoms with Crippen molar-refractivity contribution in [2.75, 3.05) is 18.4 Å². The second-order valence-electron chi connectivity index (χ2n) is 6.20. The van der Waals surface area contributed by atoms with E-state index < -0.39 is 0 Å². The Morgan fingerprint density at radius 2 is 1.92 bits per heavy atom. The van der Waals surface area contributed by atoms with Crippen molar-refractivity contribution >= 4 is 34.8 Å². The number of piperidine rings is 1. The van der Waals surface area contributed by atoms with Crippen LogP contribution in [0.4, 0.5) is 5.69 Å². The van der Waals surface area contributed by atoms with Gasteiger partial charge < -0.3 is 5.32 Å². The molecule has 0 aliphatic carbocycles. The normalized spacial score (nSPS) is 18.3. The lowest BCUT2D eigenvalue weighted by molar-refractivity contribution is -0.121. The Balaban J connectivity index is 1.58. The van der Waals surface area contributed by atoms with E-state index in [1.165, 1.54) is 5.56 Å². The van der Waals surface area contributed by atoms with Gasteiger partial charge in [0.2, 0.25) is 5.91 Å². The summed E-state index contributed by atoms with van der Waals surface area (Å²) in [4.78, 5) is 14.9. The van der Waals surface area contributed by atoms with Gasteiger partial charge in [0.1, 0.15) is 0 Å². The van der Waals surface area contributed by atoms with Crippen LogP contribution in [-0.2, 0) is 11.3 Å². The molecule has 0 spiro atoms. The molecule has 1 aliphatic heterocycles. The third-order valence-electron chi connectivity index (χ3n) is 4.29. The maximum absolute atomic E-state index is 12.5. The third kappa shape index (κ3) is 4.73. The molecule has 0 radical (unpaired) electrons. The lowest BCUT2D eigenvalue weighted by Gasteiger charge is -2.32. The molecule has 0 bridgehead atoms. The van der Waals surface area contributed by atoms with E-state index in [-0.39, 0.29) is 11.8 Å². The van der Waals surface area contributed by atoms with Gasteiger partial charge in [0, 0.05) is 28.8 Å². The molecular weight excluding hydrogens is 343 g/mol. The largest absolute Gasteiger partial charge is 0.326 e. The number of amides is 1. The van der Waals surface area contributed by atoms with Gasteiger partial charge in [-0.1, -0.05) is 41.4 Å². The smallest absolute Gasteiger partial charge is 0.228 e. The van der Waals surface area contributed by atoms with Gasteiger partial charge in [-0.15, -0.1) is 0 Å². The van der Waals surface area contributed by atoms with Crippen molar-refractivity contribution < 1.29 is 4.79 Å². The zero-order valence-electron chi connectivity index (χ0n) is 13.3. The van der Waals surface area contributed by atoms with Gasteiger partial charge in [-0.3, -0.25) is 9.69 Å². The molecule has 0 saturated carbocycles. The van der Waals surface area contributed by atoms with Crippen molar-refractivity contribution in [2.24, 2.45) is 5.92 Å². The van der Waals surface area contributed by atoms with Gasteiger partial charge in [-0.2, -0.15) is 0 Å². The minimum absolute atomic E-state index is 0.00466. The summed E-state index contributed by atoms with van der Waals surface area (Å²) in [6.07, 6.45) is 1.95. The van der Waals surface area contributed by atoms with Crippen molar-refractivity contribution in [3.05, 3.63) is 64.1 Å². The molecule has 3 nitrogen and oxygen atoms in total. The standard InChI is InChI=1S/C19H20Cl2N2O/c20-16-8-6-14(7-9-16)12-23-10-2-3-15(13-23)19(24)22-18-5-1-4-17(21)11-18/h1,4-9,11,15H,2-3,10,12-13H2,(H,22,24)/t15-/m0/s1. The fraction of sp³-hybridized carbons (Fsp3) is 0.316. The average Bonchev–Trinajstić information content (AvgIpc) is 2.57. The van der Waals surface area contributed by atoms with Crippen LogP contribution in [0, 0.1) is 5.92 Å². The Kier molecular flexibility index (Phi) is 5.77. The predicted molar refractivity (Wildman–Crippen MR) is 99.5 cm³/mol. The molecule has 0 unspecified atom stereocenters. The van der Waals surface area contributed by atoms with Crippen molar-refractivity contribution in [3.8, 4) is 0 Å². The zero-order chi connectivity index (χ0) is 16.9. The molecule has 1 atom stereocenters. The molecule has 5 heteroatoms. The molecule has 1 amide bonds. The van der Waals surface area contributed by atoms with Gasteiger partial charge >= 0.3 is 0 Å². The highest BCUT2D eigenvalue weighted by atomic mass is 35.5. The molecule has 1 N–H and O–H groups in total. The van der Waals surface area contributed by atoms with Crippen molar-refractivity contribution in [2.45, 2.75) is 19.4 Å². The first-order valence-corrected chi connectivity index (χ1v) is 8.89. The minimum atomic E-state index is 0.00466. The SMILES string of the molecule is O=C(Nc1cccc(Cl)c1)[C@H]1CCCN(Cc2ccc(Cl)cc2)C1. The molecule has 1 fully saturated rings. The Morgan fingerprint density at radius 3 is 2.67 bits per heavy atom. The summed E-state index contributed by atoms with van der Waals surface area (Å²) in [7, 11) is 0. The number of carbonyl (C=O) groups is 1. The summed E-state index contributed by atoms with van der Waals surface area (Å²) in [5, 5.41) is 4.35. The number of halogens is 2. The molecule has 1 aliphatic rings. The highest BCUT2D eigenvalue weighted by Crippen LogP contribution is 2.22. The zero-order valence-corrected chi connectivity index (χ0v) is 14.9. The van der Waals surface area contributed by atoms with Crippen LogP contribution in [0.2, 0.25) is 10.0 Å². The summed E-state index contributed by atoms with van der Waals surface area (Å²) in [6.45, 7) is 2.64. The summed E-state index contributed by atoms with van der Waals surface area (Å²) >= 11 is 11.9. The van der Waals surface area contributed by atoms with Gasteiger partial charge in [-0.05, 0) is 55.3 Å². The number of benzene rings is 2. The van der Waals surface area contributed by atoms with Gasteiger partial charge in [0.15, 0.2) is 0 Å². The van der Waals surface area contributed by atoms with Crippen LogP contribution in [0.1, 0.15) is 18.4 Å². The number of carbonyl (C=O) groups excluding carboxylic acids is 1. The highest BCUT2D eigenvalue weighted by molar-refractivity contribution is 6.31. The fourth-order valence-corrected chi connectivity index (χ4v) is 3.39. The van der Waals surface area contributed by atoms with Gasteiger partial charge in [0.05, 0.1) is 5.92 Å². The van der Waals surface area contributed by atoms with Crippen LogP contribution < -0.4 is 5.32 Å². The molecular formula is C19H20Cl2N2O. The van der Waals surface area contributed by atoms with E-state index in [0.29, 0.717) is 5.02 Å². The maximum Gasteiger partial charge on any atom is 0.228 e. The van der Waals surface area contributed by atoms with Crippen molar-refractivity contribution in [1.82, 2.24) is 4.90 Å². The van der Waals surface area contributed by atoms with Crippen LogP contribution in [0.5, 0.6) is 0 Å². The quantitative estimate of drug-likeness (QED) is 0.843. The number of likely N-dealkylation sites (tertiary alicyclic amines) is 1. The summed E-state index contributed by atoms with van der Waals surface area (Å²) in [5.41, 5.74) is 1.97.